The number of carboxylic acids is 1. The molecule has 4 rings (SSSR count). The van der Waals surface area contributed by atoms with Crippen LogP contribution in [0.2, 0.25) is 0 Å². The van der Waals surface area contributed by atoms with Crippen LogP contribution < -0.4 is 10.2 Å². The van der Waals surface area contributed by atoms with Crippen molar-refractivity contribution in [2.24, 2.45) is 0 Å². The Morgan fingerprint density at radius 3 is 2.68 bits per heavy atom. The minimum atomic E-state index is -2.91. The number of nitrogens with zero attached hydrogens (tertiary/aromatic N) is 2. The molecule has 1 amide bonds. The Labute approximate surface area is 175 Å². The topological polar surface area (TPSA) is 98.1 Å². The van der Waals surface area contributed by atoms with Gasteiger partial charge in [-0.05, 0) is 5.56 Å². The zero-order valence-electron chi connectivity index (χ0n) is 16.6. The number of carboxylic acid groups (broad SMARTS) is 1. The maximum atomic E-state index is 14.3. The van der Waals surface area contributed by atoms with Gasteiger partial charge in [0.1, 0.15) is 17.7 Å². The normalized spacial score (nSPS) is 22.8. The monoisotopic (exact) mass is 434 g/mol. The molecule has 164 valence electrons. The van der Waals surface area contributed by atoms with E-state index in [-0.39, 0.29) is 31.9 Å². The fourth-order valence-corrected chi connectivity index (χ4v) is 4.28. The van der Waals surface area contributed by atoms with Gasteiger partial charge in [0.25, 0.3) is 12.3 Å². The van der Waals surface area contributed by atoms with E-state index in [0.717, 1.165) is 15.7 Å². The number of aromatic nitrogens is 1. The summed E-state index contributed by atoms with van der Waals surface area (Å²) in [7, 11) is 1.26. The molecule has 0 spiro atoms. The molecule has 1 fully saturated rings. The van der Waals surface area contributed by atoms with Crippen LogP contribution in [0.5, 0.6) is 5.75 Å². The second kappa shape index (κ2) is 7.77. The summed E-state index contributed by atoms with van der Waals surface area (Å²) in [6.07, 6.45) is -2.10. The highest BCUT2D eigenvalue weighted by molar-refractivity contribution is 5.98. The predicted octanol–water partition coefficient (Wildman–Crippen LogP) is 2.18. The highest BCUT2D eigenvalue weighted by Crippen LogP contribution is 2.45. The van der Waals surface area contributed by atoms with Gasteiger partial charge in [0.2, 0.25) is 5.43 Å². The first-order valence-electron chi connectivity index (χ1n) is 9.62. The number of carbonyl (C=O) groups is 2. The Bertz CT molecular complexity index is 1090. The molecule has 1 saturated heterocycles. The molecule has 0 unspecified atom stereocenters. The van der Waals surface area contributed by atoms with E-state index in [4.69, 9.17) is 9.47 Å². The van der Waals surface area contributed by atoms with Crippen LogP contribution in [-0.2, 0) is 11.3 Å². The first-order chi connectivity index (χ1) is 14.8. The average molecular weight is 434 g/mol. The molecule has 1 aromatic heterocycles. The molecule has 0 aliphatic carbocycles. The summed E-state index contributed by atoms with van der Waals surface area (Å²) in [5.74, 6) is -2.86. The summed E-state index contributed by atoms with van der Waals surface area (Å²) in [4.78, 5) is 38.7. The number of hydrogen-bond acceptors (Lipinski definition) is 5. The number of benzene rings is 1. The van der Waals surface area contributed by atoms with Gasteiger partial charge in [-0.25, -0.2) is 13.6 Å². The van der Waals surface area contributed by atoms with Crippen LogP contribution in [0.3, 0.4) is 0 Å². The zero-order valence-corrected chi connectivity index (χ0v) is 16.6. The van der Waals surface area contributed by atoms with Gasteiger partial charge in [-0.1, -0.05) is 30.3 Å². The Morgan fingerprint density at radius 1 is 1.32 bits per heavy atom. The van der Waals surface area contributed by atoms with Gasteiger partial charge >= 0.3 is 5.97 Å². The molecule has 1 aromatic carbocycles. The van der Waals surface area contributed by atoms with E-state index >= 15 is 0 Å². The van der Waals surface area contributed by atoms with E-state index in [2.05, 4.69) is 0 Å². The molecule has 0 saturated carbocycles. The van der Waals surface area contributed by atoms with Crippen molar-refractivity contribution in [1.29, 1.82) is 0 Å². The molecule has 2 atom stereocenters. The molecule has 0 bridgehead atoms. The minimum Gasteiger partial charge on any atom is -0.483 e. The van der Waals surface area contributed by atoms with Gasteiger partial charge < -0.3 is 24.0 Å². The lowest BCUT2D eigenvalue weighted by atomic mass is 9.81. The molecule has 0 radical (unpaired) electrons. The molecule has 2 aliphatic rings. The summed E-state index contributed by atoms with van der Waals surface area (Å²) in [5, 5.41) is 9.52. The molecule has 8 nitrogen and oxygen atoms in total. The lowest BCUT2D eigenvalue weighted by Gasteiger charge is -2.53. The van der Waals surface area contributed by atoms with E-state index in [1.54, 1.807) is 30.3 Å². The van der Waals surface area contributed by atoms with E-state index in [1.807, 2.05) is 0 Å². The van der Waals surface area contributed by atoms with E-state index in [1.165, 1.54) is 7.05 Å². The number of hydrogen-bond donors (Lipinski definition) is 1. The van der Waals surface area contributed by atoms with Gasteiger partial charge in [0.05, 0.1) is 12.6 Å². The number of aromatic carboxylic acids is 1. The third-order valence-corrected chi connectivity index (χ3v) is 5.99. The Morgan fingerprint density at radius 2 is 2.03 bits per heavy atom. The second-order valence-corrected chi connectivity index (χ2v) is 7.53. The van der Waals surface area contributed by atoms with E-state index < -0.39 is 46.6 Å². The van der Waals surface area contributed by atoms with E-state index in [9.17, 15) is 28.3 Å². The van der Waals surface area contributed by atoms with Crippen LogP contribution in [0, 0.1) is 0 Å². The molecule has 2 aliphatic heterocycles. The fraction of sp³-hybridized carbons (Fsp3) is 0.381. The van der Waals surface area contributed by atoms with Gasteiger partial charge in [-0.15, -0.1) is 0 Å². The summed E-state index contributed by atoms with van der Waals surface area (Å²) < 4.78 is 40.8. The van der Waals surface area contributed by atoms with Crippen molar-refractivity contribution < 1.29 is 33.0 Å². The SMILES string of the molecule is CN1C(=O)c2c(OCc3ccccc3)c(=O)c(C(=O)O)cn2[C@H]2COCC[C@]21C(F)F. The third kappa shape index (κ3) is 3.18. The van der Waals surface area contributed by atoms with Crippen molar-refractivity contribution in [3.05, 3.63) is 63.6 Å². The molecule has 10 heteroatoms. The number of carbonyl (C=O) groups excluding carboxylic acids is 1. The maximum absolute atomic E-state index is 14.3. The van der Waals surface area contributed by atoms with Gasteiger partial charge in [-0.3, -0.25) is 9.59 Å². The predicted molar refractivity (Wildman–Crippen MR) is 104 cm³/mol. The zero-order chi connectivity index (χ0) is 22.3. The van der Waals surface area contributed by atoms with Crippen LogP contribution in [0.1, 0.15) is 38.9 Å². The number of halogens is 2. The van der Waals surface area contributed by atoms with Crippen molar-refractivity contribution in [2.45, 2.75) is 31.0 Å². The van der Waals surface area contributed by atoms with Gasteiger partial charge in [0.15, 0.2) is 11.4 Å². The van der Waals surface area contributed by atoms with Crippen molar-refractivity contribution in [2.75, 3.05) is 20.3 Å². The Balaban J connectivity index is 1.91. The number of pyridine rings is 1. The lowest BCUT2D eigenvalue weighted by molar-refractivity contribution is -0.129. The Hall–Kier alpha value is -3.27. The quantitative estimate of drug-likeness (QED) is 0.775. The number of ether oxygens (including phenoxy) is 2. The molecule has 1 N–H and O–H groups in total. The van der Waals surface area contributed by atoms with Crippen LogP contribution in [0.15, 0.2) is 41.3 Å². The van der Waals surface area contributed by atoms with Crippen molar-refractivity contribution >= 4 is 11.9 Å². The van der Waals surface area contributed by atoms with Gasteiger partial charge in [-0.2, -0.15) is 0 Å². The first-order valence-corrected chi connectivity index (χ1v) is 9.62. The average Bonchev–Trinajstić information content (AvgIpc) is 2.76. The van der Waals surface area contributed by atoms with Crippen LogP contribution >= 0.6 is 0 Å². The van der Waals surface area contributed by atoms with Crippen molar-refractivity contribution in [1.82, 2.24) is 9.47 Å². The van der Waals surface area contributed by atoms with Crippen molar-refractivity contribution in [3.63, 3.8) is 0 Å². The fourth-order valence-electron chi connectivity index (χ4n) is 4.28. The summed E-state index contributed by atoms with van der Waals surface area (Å²) in [6, 6.07) is 7.67. The molecule has 2 aromatic rings. The molecular formula is C21H20F2N2O6. The van der Waals surface area contributed by atoms with Crippen LogP contribution in [0.4, 0.5) is 8.78 Å². The summed E-state index contributed by atoms with van der Waals surface area (Å²) in [6.45, 7) is -0.254. The summed E-state index contributed by atoms with van der Waals surface area (Å²) >= 11 is 0. The number of likely N-dealkylation sites (N-methyl/N-ethyl adjacent to an activating group) is 1. The van der Waals surface area contributed by atoms with Gasteiger partial charge in [0, 0.05) is 26.3 Å². The maximum Gasteiger partial charge on any atom is 0.341 e. The van der Waals surface area contributed by atoms with Crippen LogP contribution in [0.25, 0.3) is 0 Å². The highest BCUT2D eigenvalue weighted by atomic mass is 19.3. The highest BCUT2D eigenvalue weighted by Gasteiger charge is 2.58. The molecular weight excluding hydrogens is 414 g/mol. The molecule has 31 heavy (non-hydrogen) atoms. The van der Waals surface area contributed by atoms with E-state index in [0.29, 0.717) is 5.56 Å². The minimum absolute atomic E-state index is 0.0249. The standard InChI is InChI=1S/C21H20F2N2O6/c1-24-18(27)15-17(31-10-12-5-3-2-4-6-12)16(26)13(19(28)29)9-25(15)14-11-30-8-7-21(14,24)20(22)23/h2-6,9,14,20H,7-8,10-11H2,1H3,(H,28,29)/t14-,21+/m0/s1. The molecule has 3 heterocycles. The number of rotatable bonds is 5. The number of fused-ring (bicyclic) bond motifs is 3. The number of alkyl halides is 2. The number of amides is 1. The Kier molecular flexibility index (Phi) is 5.26. The first kappa shape index (κ1) is 21.0. The second-order valence-electron chi connectivity index (χ2n) is 7.53. The van der Waals surface area contributed by atoms with Crippen LogP contribution in [-0.4, -0.2) is 58.7 Å². The van der Waals surface area contributed by atoms with Crippen molar-refractivity contribution in [3.8, 4) is 5.75 Å². The third-order valence-electron chi connectivity index (χ3n) is 5.99. The lowest BCUT2D eigenvalue weighted by Crippen LogP contribution is -2.66. The largest absolute Gasteiger partial charge is 0.483 e. The smallest absolute Gasteiger partial charge is 0.341 e. The summed E-state index contributed by atoms with van der Waals surface area (Å²) in [5.41, 5.74) is -3.12.